The van der Waals surface area contributed by atoms with E-state index in [4.69, 9.17) is 0 Å². The second-order valence-electron chi connectivity index (χ2n) is 6.14. The van der Waals surface area contributed by atoms with Crippen LogP contribution in [0.1, 0.15) is 24.8 Å². The standard InChI is InChI=1S/C18H24N2O6S/c1-13-7-8-14(19-15(18(22)26-3)12-17(21)25-2)11-16(13)27(23,24)20-9-5-4-6-10-20/h7-8,11-12,19H,4-6,9-10H2,1-3H3/b15-12+. The fourth-order valence-electron chi connectivity index (χ4n) is 2.79. The molecule has 1 heterocycles. The Balaban J connectivity index is 2.37. The highest BCUT2D eigenvalue weighted by Gasteiger charge is 2.27. The van der Waals surface area contributed by atoms with Gasteiger partial charge < -0.3 is 14.8 Å². The molecule has 0 bridgehead atoms. The molecule has 1 N–H and O–H groups in total. The van der Waals surface area contributed by atoms with Gasteiger partial charge in [-0.05, 0) is 37.5 Å². The molecular weight excluding hydrogens is 372 g/mol. The molecule has 27 heavy (non-hydrogen) atoms. The van der Waals surface area contributed by atoms with Gasteiger partial charge in [0.2, 0.25) is 10.0 Å². The summed E-state index contributed by atoms with van der Waals surface area (Å²) in [4.78, 5) is 23.5. The summed E-state index contributed by atoms with van der Waals surface area (Å²) in [5.74, 6) is -1.52. The molecule has 1 aromatic carbocycles. The quantitative estimate of drug-likeness (QED) is 0.578. The van der Waals surface area contributed by atoms with Gasteiger partial charge in [-0.15, -0.1) is 0 Å². The molecule has 0 amide bonds. The van der Waals surface area contributed by atoms with Crippen LogP contribution in [0.15, 0.2) is 34.9 Å². The number of piperidine rings is 1. The van der Waals surface area contributed by atoms with Gasteiger partial charge in [0.05, 0.1) is 25.2 Å². The van der Waals surface area contributed by atoms with Crippen molar-refractivity contribution in [2.24, 2.45) is 0 Å². The van der Waals surface area contributed by atoms with E-state index in [2.05, 4.69) is 14.8 Å². The first-order chi connectivity index (χ1) is 12.8. The number of ether oxygens (including phenoxy) is 2. The predicted molar refractivity (Wildman–Crippen MR) is 99.5 cm³/mol. The molecule has 148 valence electrons. The Kier molecular flexibility index (Phi) is 6.98. The number of esters is 2. The van der Waals surface area contributed by atoms with Crippen LogP contribution in [0, 0.1) is 6.92 Å². The van der Waals surface area contributed by atoms with E-state index in [1.54, 1.807) is 19.1 Å². The molecule has 9 heteroatoms. The van der Waals surface area contributed by atoms with Gasteiger partial charge in [0.25, 0.3) is 0 Å². The molecule has 0 unspecified atom stereocenters. The lowest BCUT2D eigenvalue weighted by Gasteiger charge is -2.26. The number of carbonyl (C=O) groups excluding carboxylic acids is 2. The number of anilines is 1. The third-order valence-electron chi connectivity index (χ3n) is 4.27. The fraction of sp³-hybridized carbons (Fsp3) is 0.444. The number of nitrogens with zero attached hydrogens (tertiary/aromatic N) is 1. The van der Waals surface area contributed by atoms with Crippen LogP contribution in [0.25, 0.3) is 0 Å². The molecule has 0 spiro atoms. The number of rotatable bonds is 6. The number of hydrogen-bond donors (Lipinski definition) is 1. The van der Waals surface area contributed by atoms with E-state index >= 15 is 0 Å². The number of benzene rings is 1. The van der Waals surface area contributed by atoms with E-state index in [0.29, 0.717) is 24.3 Å². The van der Waals surface area contributed by atoms with Crippen LogP contribution in [0.2, 0.25) is 0 Å². The van der Waals surface area contributed by atoms with Crippen LogP contribution in [0.4, 0.5) is 5.69 Å². The van der Waals surface area contributed by atoms with Crippen molar-refractivity contribution in [3.05, 3.63) is 35.5 Å². The van der Waals surface area contributed by atoms with Gasteiger partial charge >= 0.3 is 11.9 Å². The molecular formula is C18H24N2O6S. The lowest BCUT2D eigenvalue weighted by Crippen LogP contribution is -2.36. The zero-order chi connectivity index (χ0) is 20.0. The smallest absolute Gasteiger partial charge is 0.354 e. The molecule has 1 aromatic rings. The zero-order valence-electron chi connectivity index (χ0n) is 15.6. The summed E-state index contributed by atoms with van der Waals surface area (Å²) in [6, 6.07) is 4.72. The largest absolute Gasteiger partial charge is 0.466 e. The predicted octanol–water partition coefficient (Wildman–Crippen LogP) is 1.81. The molecule has 0 radical (unpaired) electrons. The van der Waals surface area contributed by atoms with Crippen molar-refractivity contribution in [2.75, 3.05) is 32.6 Å². The third-order valence-corrected chi connectivity index (χ3v) is 6.31. The maximum absolute atomic E-state index is 13.0. The van der Waals surface area contributed by atoms with Gasteiger partial charge in [-0.3, -0.25) is 0 Å². The van der Waals surface area contributed by atoms with Gasteiger partial charge in [-0.25, -0.2) is 18.0 Å². The minimum absolute atomic E-state index is 0.158. The Hall–Kier alpha value is -2.39. The SMILES string of the molecule is COC(=O)/C=C(/Nc1ccc(C)c(S(=O)(=O)N2CCCCC2)c1)C(=O)OC. The van der Waals surface area contributed by atoms with Crippen LogP contribution in [0.5, 0.6) is 0 Å². The molecule has 8 nitrogen and oxygen atoms in total. The summed E-state index contributed by atoms with van der Waals surface area (Å²) in [5, 5.41) is 2.74. The minimum atomic E-state index is -3.64. The van der Waals surface area contributed by atoms with Crippen LogP contribution in [-0.4, -0.2) is 52.0 Å². The maximum Gasteiger partial charge on any atom is 0.354 e. The summed E-state index contributed by atoms with van der Waals surface area (Å²) >= 11 is 0. The minimum Gasteiger partial charge on any atom is -0.466 e. The molecule has 1 aliphatic rings. The Morgan fingerprint density at radius 3 is 2.37 bits per heavy atom. The van der Waals surface area contributed by atoms with E-state index in [1.807, 2.05) is 0 Å². The summed E-state index contributed by atoms with van der Waals surface area (Å²) in [7, 11) is -1.28. The van der Waals surface area contributed by atoms with Crippen molar-refractivity contribution in [1.29, 1.82) is 0 Å². The number of hydrogen-bond acceptors (Lipinski definition) is 7. The van der Waals surface area contributed by atoms with Crippen molar-refractivity contribution in [3.8, 4) is 0 Å². The lowest BCUT2D eigenvalue weighted by molar-refractivity contribution is -0.138. The van der Waals surface area contributed by atoms with Gasteiger partial charge in [0, 0.05) is 18.8 Å². The number of methoxy groups -OCH3 is 2. The first-order valence-electron chi connectivity index (χ1n) is 8.55. The highest BCUT2D eigenvalue weighted by atomic mass is 32.2. The van der Waals surface area contributed by atoms with E-state index in [0.717, 1.165) is 25.3 Å². The van der Waals surface area contributed by atoms with E-state index in [9.17, 15) is 18.0 Å². The third kappa shape index (κ3) is 5.08. The normalized spacial score (nSPS) is 15.9. The van der Waals surface area contributed by atoms with Crippen molar-refractivity contribution in [3.63, 3.8) is 0 Å². The highest BCUT2D eigenvalue weighted by Crippen LogP contribution is 2.26. The van der Waals surface area contributed by atoms with Crippen molar-refractivity contribution >= 4 is 27.6 Å². The number of carbonyl (C=O) groups is 2. The van der Waals surface area contributed by atoms with E-state index < -0.39 is 22.0 Å². The molecule has 2 rings (SSSR count). The first kappa shape index (κ1) is 20.9. The average Bonchev–Trinajstić information content (AvgIpc) is 2.68. The van der Waals surface area contributed by atoms with Crippen LogP contribution in [0.3, 0.4) is 0 Å². The Bertz CT molecular complexity index is 841. The van der Waals surface area contributed by atoms with E-state index in [-0.39, 0.29) is 10.6 Å². The van der Waals surface area contributed by atoms with Crippen molar-refractivity contribution in [1.82, 2.24) is 4.31 Å². The molecule has 0 saturated carbocycles. The van der Waals surface area contributed by atoms with Gasteiger partial charge in [-0.2, -0.15) is 4.31 Å². The lowest BCUT2D eigenvalue weighted by atomic mass is 10.2. The zero-order valence-corrected chi connectivity index (χ0v) is 16.5. The second kappa shape index (κ2) is 9.01. The molecule has 0 atom stereocenters. The first-order valence-corrected chi connectivity index (χ1v) is 9.99. The van der Waals surface area contributed by atoms with Crippen LogP contribution < -0.4 is 5.32 Å². The number of aryl methyl sites for hydroxylation is 1. The summed E-state index contributed by atoms with van der Waals surface area (Å²) in [6.45, 7) is 2.70. The highest BCUT2D eigenvalue weighted by molar-refractivity contribution is 7.89. The van der Waals surface area contributed by atoms with E-state index in [1.165, 1.54) is 24.6 Å². The topological polar surface area (TPSA) is 102 Å². The number of nitrogens with one attached hydrogen (secondary N) is 1. The van der Waals surface area contributed by atoms with Crippen LogP contribution >= 0.6 is 0 Å². The Morgan fingerprint density at radius 2 is 1.78 bits per heavy atom. The summed E-state index contributed by atoms with van der Waals surface area (Å²) in [6.07, 6.45) is 3.65. The van der Waals surface area contributed by atoms with Crippen molar-refractivity contribution < 1.29 is 27.5 Å². The Labute approximate surface area is 159 Å². The molecule has 1 aliphatic heterocycles. The Morgan fingerprint density at radius 1 is 1.11 bits per heavy atom. The van der Waals surface area contributed by atoms with Gasteiger partial charge in [0.15, 0.2) is 0 Å². The van der Waals surface area contributed by atoms with Crippen LogP contribution in [-0.2, 0) is 29.1 Å². The molecule has 0 aliphatic carbocycles. The molecule has 0 aromatic heterocycles. The summed E-state index contributed by atoms with van der Waals surface area (Å²) in [5.41, 5.74) is 0.786. The second-order valence-corrected chi connectivity index (χ2v) is 8.05. The monoisotopic (exact) mass is 396 g/mol. The van der Waals surface area contributed by atoms with Crippen molar-refractivity contribution in [2.45, 2.75) is 31.1 Å². The molecule has 1 fully saturated rings. The van der Waals surface area contributed by atoms with Gasteiger partial charge in [-0.1, -0.05) is 12.5 Å². The van der Waals surface area contributed by atoms with Gasteiger partial charge in [0.1, 0.15) is 5.70 Å². The number of sulfonamides is 1. The fourth-order valence-corrected chi connectivity index (χ4v) is 4.56. The molecule has 1 saturated heterocycles. The summed E-state index contributed by atoms with van der Waals surface area (Å²) < 4.78 is 36.6. The maximum atomic E-state index is 13.0. The average molecular weight is 396 g/mol.